The van der Waals surface area contributed by atoms with Gasteiger partial charge in [0, 0.05) is 39.6 Å². The van der Waals surface area contributed by atoms with Crippen LogP contribution in [0.15, 0.2) is 81.5 Å². The number of phenolic OH excluding ortho intramolecular Hbond substituents is 1. The van der Waals surface area contributed by atoms with Gasteiger partial charge in [-0.25, -0.2) is 10.0 Å². The van der Waals surface area contributed by atoms with Crippen LogP contribution in [0.5, 0.6) is 5.75 Å². The van der Waals surface area contributed by atoms with E-state index in [2.05, 4.69) is 11.5 Å². The second-order valence-electron chi connectivity index (χ2n) is 7.75. The Bertz CT molecular complexity index is 1170. The van der Waals surface area contributed by atoms with Crippen LogP contribution in [0.1, 0.15) is 40.7 Å². The first-order chi connectivity index (χ1) is 15.2. The summed E-state index contributed by atoms with van der Waals surface area (Å²) in [6.07, 6.45) is 3.42. The molecule has 0 unspecified atom stereocenters. The van der Waals surface area contributed by atoms with Gasteiger partial charge in [-0.2, -0.15) is 0 Å². The molecular formula is C25H23N3O2S. The van der Waals surface area contributed by atoms with Crippen LogP contribution in [-0.2, 0) is 0 Å². The van der Waals surface area contributed by atoms with Crippen molar-refractivity contribution in [1.82, 2.24) is 10.4 Å². The van der Waals surface area contributed by atoms with Gasteiger partial charge in [-0.05, 0) is 49.2 Å². The lowest BCUT2D eigenvalue weighted by Crippen LogP contribution is -2.45. The van der Waals surface area contributed by atoms with Crippen molar-refractivity contribution < 1.29 is 9.90 Å². The number of hydrogen-bond donors (Lipinski definition) is 2. The fourth-order valence-corrected chi connectivity index (χ4v) is 4.98. The van der Waals surface area contributed by atoms with Gasteiger partial charge in [0.15, 0.2) is 0 Å². The SMILES string of the molecule is O=C(NN1CCCCC1)c1ccc2c(c1)N=C(c1ccccc1O)c1ccccc1S2. The summed E-state index contributed by atoms with van der Waals surface area (Å²) in [7, 11) is 0. The van der Waals surface area contributed by atoms with Crippen LogP contribution in [0.25, 0.3) is 0 Å². The molecule has 156 valence electrons. The molecule has 2 aliphatic heterocycles. The minimum Gasteiger partial charge on any atom is -0.507 e. The number of amides is 1. The smallest absolute Gasteiger partial charge is 0.265 e. The molecule has 3 aromatic rings. The third kappa shape index (κ3) is 4.09. The molecule has 0 bridgehead atoms. The van der Waals surface area contributed by atoms with Crippen LogP contribution in [-0.4, -0.2) is 34.8 Å². The molecule has 0 radical (unpaired) electrons. The summed E-state index contributed by atoms with van der Waals surface area (Å²) in [4.78, 5) is 19.8. The Morgan fingerprint density at radius 3 is 2.45 bits per heavy atom. The van der Waals surface area contributed by atoms with Crippen molar-refractivity contribution in [3.63, 3.8) is 0 Å². The molecule has 1 amide bonds. The number of carbonyl (C=O) groups is 1. The van der Waals surface area contributed by atoms with Gasteiger partial charge >= 0.3 is 0 Å². The Kier molecular flexibility index (Phi) is 5.49. The molecule has 5 rings (SSSR count). The highest BCUT2D eigenvalue weighted by molar-refractivity contribution is 7.99. The minimum atomic E-state index is -0.115. The molecule has 0 saturated carbocycles. The Morgan fingerprint density at radius 1 is 0.903 bits per heavy atom. The van der Waals surface area contributed by atoms with Gasteiger partial charge in [0.1, 0.15) is 5.75 Å². The van der Waals surface area contributed by atoms with E-state index >= 15 is 0 Å². The maximum atomic E-state index is 12.9. The maximum Gasteiger partial charge on any atom is 0.265 e. The molecule has 0 spiro atoms. The standard InChI is InChI=1S/C25H23N3O2S/c29-21-10-4-2-8-18(21)24-19-9-3-5-11-22(19)31-23-13-12-17(16-20(23)26-24)25(30)27-28-14-6-1-7-15-28/h2-5,8-13,16,29H,1,6-7,14-15H2,(H,27,30). The Morgan fingerprint density at radius 2 is 1.65 bits per heavy atom. The Balaban J connectivity index is 1.56. The number of nitrogens with zero attached hydrogens (tertiary/aromatic N) is 2. The van der Waals surface area contributed by atoms with Gasteiger partial charge in [-0.15, -0.1) is 0 Å². The summed E-state index contributed by atoms with van der Waals surface area (Å²) in [6.45, 7) is 1.77. The van der Waals surface area contributed by atoms with E-state index in [1.54, 1.807) is 23.9 Å². The summed E-state index contributed by atoms with van der Waals surface area (Å²) in [5, 5.41) is 12.5. The second kappa shape index (κ2) is 8.57. The average Bonchev–Trinajstić information content (AvgIpc) is 2.96. The summed E-state index contributed by atoms with van der Waals surface area (Å²) in [6, 6.07) is 20.9. The van der Waals surface area contributed by atoms with Gasteiger partial charge in [-0.3, -0.25) is 10.2 Å². The number of hydrogen-bond acceptors (Lipinski definition) is 5. The number of carbonyl (C=O) groups excluding carboxylic acids is 1. The fraction of sp³-hybridized carbons (Fsp3) is 0.200. The summed E-state index contributed by atoms with van der Waals surface area (Å²) in [5.41, 5.74) is 6.67. The zero-order chi connectivity index (χ0) is 21.2. The number of aliphatic imine (C=N–C) groups is 1. The number of rotatable bonds is 3. The third-order valence-electron chi connectivity index (χ3n) is 5.59. The molecule has 0 atom stereocenters. The van der Waals surface area contributed by atoms with E-state index < -0.39 is 0 Å². The van der Waals surface area contributed by atoms with Crippen molar-refractivity contribution in [3.8, 4) is 5.75 Å². The number of piperidine rings is 1. The van der Waals surface area contributed by atoms with Crippen molar-refractivity contribution in [2.24, 2.45) is 4.99 Å². The molecule has 2 aliphatic rings. The van der Waals surface area contributed by atoms with E-state index in [0.717, 1.165) is 47.0 Å². The number of nitrogens with one attached hydrogen (secondary N) is 1. The van der Waals surface area contributed by atoms with Gasteiger partial charge in [0.05, 0.1) is 11.4 Å². The monoisotopic (exact) mass is 429 g/mol. The van der Waals surface area contributed by atoms with Crippen LogP contribution in [0.3, 0.4) is 0 Å². The lowest BCUT2D eigenvalue weighted by Gasteiger charge is -2.26. The zero-order valence-electron chi connectivity index (χ0n) is 17.0. The number of para-hydroxylation sites is 1. The van der Waals surface area contributed by atoms with Gasteiger partial charge in [0.25, 0.3) is 5.91 Å². The van der Waals surface area contributed by atoms with E-state index in [0.29, 0.717) is 16.8 Å². The lowest BCUT2D eigenvalue weighted by molar-refractivity contribution is 0.0750. The van der Waals surface area contributed by atoms with Crippen molar-refractivity contribution in [2.45, 2.75) is 29.1 Å². The average molecular weight is 430 g/mol. The highest BCUT2D eigenvalue weighted by Crippen LogP contribution is 2.42. The largest absolute Gasteiger partial charge is 0.507 e. The first-order valence-electron chi connectivity index (χ1n) is 10.5. The van der Waals surface area contributed by atoms with Crippen LogP contribution in [0.2, 0.25) is 0 Å². The van der Waals surface area contributed by atoms with Gasteiger partial charge in [0.2, 0.25) is 0 Å². The van der Waals surface area contributed by atoms with Crippen molar-refractivity contribution in [2.75, 3.05) is 13.1 Å². The van der Waals surface area contributed by atoms with E-state index in [9.17, 15) is 9.90 Å². The van der Waals surface area contributed by atoms with E-state index in [1.165, 1.54) is 6.42 Å². The summed E-state index contributed by atoms with van der Waals surface area (Å²) >= 11 is 1.63. The molecule has 5 nitrogen and oxygen atoms in total. The number of fused-ring (bicyclic) bond motifs is 2. The van der Waals surface area contributed by atoms with Gasteiger partial charge < -0.3 is 5.11 Å². The van der Waals surface area contributed by atoms with E-state index in [4.69, 9.17) is 4.99 Å². The maximum absolute atomic E-state index is 12.9. The van der Waals surface area contributed by atoms with Crippen LogP contribution < -0.4 is 5.43 Å². The highest BCUT2D eigenvalue weighted by atomic mass is 32.2. The molecule has 1 fully saturated rings. The predicted molar refractivity (Wildman–Crippen MR) is 123 cm³/mol. The topological polar surface area (TPSA) is 64.9 Å². The number of benzene rings is 3. The number of phenols is 1. The Labute approximate surface area is 185 Å². The second-order valence-corrected chi connectivity index (χ2v) is 8.83. The molecule has 0 aromatic heterocycles. The molecule has 3 aromatic carbocycles. The van der Waals surface area contributed by atoms with E-state index in [-0.39, 0.29) is 11.7 Å². The third-order valence-corrected chi connectivity index (χ3v) is 6.73. The van der Waals surface area contributed by atoms with Crippen LogP contribution in [0.4, 0.5) is 5.69 Å². The lowest BCUT2D eigenvalue weighted by atomic mass is 10.0. The number of aromatic hydroxyl groups is 1. The van der Waals surface area contributed by atoms with Crippen LogP contribution in [0, 0.1) is 0 Å². The molecule has 31 heavy (non-hydrogen) atoms. The Hall–Kier alpha value is -3.09. The predicted octanol–water partition coefficient (Wildman–Crippen LogP) is 5.16. The first kappa shape index (κ1) is 19.8. The van der Waals surface area contributed by atoms with Crippen molar-refractivity contribution in [1.29, 1.82) is 0 Å². The molecule has 1 saturated heterocycles. The quantitative estimate of drug-likeness (QED) is 0.472. The number of hydrazine groups is 1. The molecule has 2 heterocycles. The normalized spacial score (nSPS) is 15.9. The molecular weight excluding hydrogens is 406 g/mol. The van der Waals surface area contributed by atoms with Crippen LogP contribution >= 0.6 is 11.8 Å². The molecule has 6 heteroatoms. The summed E-state index contributed by atoms with van der Waals surface area (Å²) < 4.78 is 0. The zero-order valence-corrected chi connectivity index (χ0v) is 17.9. The summed E-state index contributed by atoms with van der Waals surface area (Å²) in [5.74, 6) is 0.0688. The first-order valence-corrected chi connectivity index (χ1v) is 11.3. The van der Waals surface area contributed by atoms with E-state index in [1.807, 2.05) is 53.5 Å². The fourth-order valence-electron chi connectivity index (χ4n) is 3.98. The highest BCUT2D eigenvalue weighted by Gasteiger charge is 2.22. The minimum absolute atomic E-state index is 0.115. The van der Waals surface area contributed by atoms with Gasteiger partial charge in [-0.1, -0.05) is 48.5 Å². The molecule has 0 aliphatic carbocycles. The molecule has 2 N–H and O–H groups in total. The van der Waals surface area contributed by atoms with Crippen molar-refractivity contribution >= 4 is 29.1 Å². The van der Waals surface area contributed by atoms with Crippen molar-refractivity contribution in [3.05, 3.63) is 83.4 Å².